The van der Waals surface area contributed by atoms with Crippen molar-refractivity contribution in [3.05, 3.63) is 65.6 Å². The number of amides is 1. The third-order valence-electron chi connectivity index (χ3n) is 2.93. The Hall–Kier alpha value is -0.300. The van der Waals surface area contributed by atoms with Gasteiger partial charge in [-0.05, 0) is 58.5 Å². The van der Waals surface area contributed by atoms with Gasteiger partial charge in [-0.1, -0.05) is 45.2 Å². The fourth-order valence-corrected chi connectivity index (χ4v) is 3.24. The van der Waals surface area contributed by atoms with E-state index in [0.717, 1.165) is 13.6 Å². The van der Waals surface area contributed by atoms with Crippen LogP contribution in [0.1, 0.15) is 15.9 Å². The molecule has 0 bridgehead atoms. The Bertz CT molecular complexity index is 693. The van der Waals surface area contributed by atoms with Crippen molar-refractivity contribution in [3.63, 3.8) is 0 Å². The summed E-state index contributed by atoms with van der Waals surface area (Å²) in [6.45, 7) is 0.428. The molecule has 0 aliphatic carbocycles. The molecule has 0 aromatic heterocycles. The third-order valence-corrected chi connectivity index (χ3v) is 4.95. The highest BCUT2D eigenvalue weighted by Gasteiger charge is 2.16. The molecule has 110 valence electrons. The first-order chi connectivity index (χ1) is 9.88. The lowest BCUT2D eigenvalue weighted by atomic mass is 10.1. The zero-order chi connectivity index (χ0) is 15.6. The summed E-state index contributed by atoms with van der Waals surface area (Å²) >= 11 is 17.6. The molecule has 0 saturated heterocycles. The second-order valence-electron chi connectivity index (χ2n) is 4.52. The van der Waals surface area contributed by atoms with E-state index in [4.69, 9.17) is 23.2 Å². The molecule has 2 aromatic carbocycles. The Labute approximate surface area is 155 Å². The van der Waals surface area contributed by atoms with Gasteiger partial charge in [0.2, 0.25) is 0 Å². The minimum Gasteiger partial charge on any atom is -0.337 e. The van der Waals surface area contributed by atoms with Crippen LogP contribution < -0.4 is 0 Å². The summed E-state index contributed by atoms with van der Waals surface area (Å²) < 4.78 is 1.79. The molecule has 0 N–H and O–H groups in total. The molecule has 0 atom stereocenters. The summed E-state index contributed by atoms with van der Waals surface area (Å²) in [5.41, 5.74) is 1.53. The zero-order valence-electron chi connectivity index (χ0n) is 11.0. The van der Waals surface area contributed by atoms with Crippen molar-refractivity contribution in [2.24, 2.45) is 0 Å². The standard InChI is InChI=1S/C15H11BrCl2INO/c1-20(8-9-2-4-11(17)7-13(9)18)15(21)12-6-10(16)3-5-14(12)19/h2-7H,8H2,1H3. The minimum absolute atomic E-state index is 0.0493. The van der Waals surface area contributed by atoms with Gasteiger partial charge >= 0.3 is 0 Å². The van der Waals surface area contributed by atoms with Gasteiger partial charge < -0.3 is 4.90 Å². The van der Waals surface area contributed by atoms with Crippen LogP contribution in [0.15, 0.2) is 40.9 Å². The maximum absolute atomic E-state index is 12.5. The van der Waals surface area contributed by atoms with Crippen molar-refractivity contribution >= 4 is 67.6 Å². The van der Waals surface area contributed by atoms with Crippen LogP contribution in [0.5, 0.6) is 0 Å². The van der Waals surface area contributed by atoms with Gasteiger partial charge in [-0.2, -0.15) is 0 Å². The third kappa shape index (κ3) is 4.34. The van der Waals surface area contributed by atoms with Crippen LogP contribution in [0.25, 0.3) is 0 Å². The van der Waals surface area contributed by atoms with Gasteiger partial charge in [0.15, 0.2) is 0 Å². The van der Waals surface area contributed by atoms with Gasteiger partial charge in [-0.25, -0.2) is 0 Å². The van der Waals surface area contributed by atoms with Crippen LogP contribution in [0.2, 0.25) is 10.0 Å². The van der Waals surface area contributed by atoms with E-state index < -0.39 is 0 Å². The summed E-state index contributed by atoms with van der Waals surface area (Å²) in [7, 11) is 1.75. The first-order valence-electron chi connectivity index (χ1n) is 6.03. The normalized spacial score (nSPS) is 10.5. The highest BCUT2D eigenvalue weighted by Crippen LogP contribution is 2.24. The number of halogens is 4. The fraction of sp³-hybridized carbons (Fsp3) is 0.133. The van der Waals surface area contributed by atoms with Crippen molar-refractivity contribution in [3.8, 4) is 0 Å². The van der Waals surface area contributed by atoms with Crippen LogP contribution in [0.4, 0.5) is 0 Å². The van der Waals surface area contributed by atoms with E-state index in [0.29, 0.717) is 22.2 Å². The molecule has 0 aliphatic rings. The molecule has 0 spiro atoms. The van der Waals surface area contributed by atoms with Crippen molar-refractivity contribution in [2.45, 2.75) is 6.54 Å². The lowest BCUT2D eigenvalue weighted by molar-refractivity contribution is 0.0784. The summed E-state index contributed by atoms with van der Waals surface area (Å²) in [6.07, 6.45) is 0. The molecular weight excluding hydrogens is 488 g/mol. The smallest absolute Gasteiger partial charge is 0.255 e. The number of rotatable bonds is 3. The number of carbonyl (C=O) groups excluding carboxylic acids is 1. The summed E-state index contributed by atoms with van der Waals surface area (Å²) in [5, 5.41) is 1.14. The summed E-state index contributed by atoms with van der Waals surface area (Å²) in [4.78, 5) is 14.2. The van der Waals surface area contributed by atoms with Crippen molar-refractivity contribution in [2.75, 3.05) is 7.05 Å². The molecule has 0 heterocycles. The Morgan fingerprint density at radius 3 is 2.62 bits per heavy atom. The predicted octanol–water partition coefficient (Wildman–Crippen LogP) is 5.63. The number of nitrogens with zero attached hydrogens (tertiary/aromatic N) is 1. The summed E-state index contributed by atoms with van der Waals surface area (Å²) in [5.74, 6) is -0.0493. The van der Waals surface area contributed by atoms with Crippen molar-refractivity contribution < 1.29 is 4.79 Å². The second kappa shape index (κ2) is 7.31. The SMILES string of the molecule is CN(Cc1ccc(Cl)cc1Cl)C(=O)c1cc(Br)ccc1I. The molecule has 6 heteroatoms. The molecule has 0 unspecified atom stereocenters. The Balaban J connectivity index is 2.21. The number of hydrogen-bond donors (Lipinski definition) is 0. The van der Waals surface area contributed by atoms with E-state index in [1.54, 1.807) is 24.1 Å². The quantitative estimate of drug-likeness (QED) is 0.502. The van der Waals surface area contributed by atoms with Crippen LogP contribution in [0, 0.1) is 3.57 Å². The lowest BCUT2D eigenvalue weighted by Crippen LogP contribution is -2.27. The predicted molar refractivity (Wildman–Crippen MR) is 99.1 cm³/mol. The van der Waals surface area contributed by atoms with E-state index in [1.807, 2.05) is 24.3 Å². The minimum atomic E-state index is -0.0493. The van der Waals surface area contributed by atoms with Crippen molar-refractivity contribution in [1.29, 1.82) is 0 Å². The van der Waals surface area contributed by atoms with Gasteiger partial charge in [-0.15, -0.1) is 0 Å². The molecule has 21 heavy (non-hydrogen) atoms. The number of hydrogen-bond acceptors (Lipinski definition) is 1. The van der Waals surface area contributed by atoms with Gasteiger partial charge in [-0.3, -0.25) is 4.79 Å². The van der Waals surface area contributed by atoms with E-state index in [2.05, 4.69) is 38.5 Å². The first kappa shape index (κ1) is 17.1. The zero-order valence-corrected chi connectivity index (χ0v) is 16.3. The average Bonchev–Trinajstić information content (AvgIpc) is 2.43. The number of carbonyl (C=O) groups is 1. The van der Waals surface area contributed by atoms with E-state index in [1.165, 1.54) is 0 Å². The van der Waals surface area contributed by atoms with Crippen LogP contribution in [0.3, 0.4) is 0 Å². The second-order valence-corrected chi connectivity index (χ2v) is 7.44. The van der Waals surface area contributed by atoms with Gasteiger partial charge in [0.05, 0.1) is 5.56 Å². The highest BCUT2D eigenvalue weighted by molar-refractivity contribution is 14.1. The Morgan fingerprint density at radius 2 is 1.95 bits per heavy atom. The van der Waals surface area contributed by atoms with E-state index in [9.17, 15) is 4.79 Å². The monoisotopic (exact) mass is 497 g/mol. The molecule has 2 nitrogen and oxygen atoms in total. The maximum atomic E-state index is 12.5. The van der Waals surface area contributed by atoms with Gasteiger partial charge in [0, 0.05) is 31.7 Å². The topological polar surface area (TPSA) is 20.3 Å². The summed E-state index contributed by atoms with van der Waals surface area (Å²) in [6, 6.07) is 10.9. The maximum Gasteiger partial charge on any atom is 0.255 e. The lowest BCUT2D eigenvalue weighted by Gasteiger charge is -2.19. The average molecular weight is 499 g/mol. The highest BCUT2D eigenvalue weighted by atomic mass is 127. The van der Waals surface area contributed by atoms with E-state index in [-0.39, 0.29) is 5.91 Å². The molecule has 1 amide bonds. The number of benzene rings is 2. The largest absolute Gasteiger partial charge is 0.337 e. The Morgan fingerprint density at radius 1 is 1.24 bits per heavy atom. The van der Waals surface area contributed by atoms with Crippen LogP contribution >= 0.6 is 61.7 Å². The molecular formula is C15H11BrCl2INO. The molecule has 0 saturated carbocycles. The first-order valence-corrected chi connectivity index (χ1v) is 8.65. The molecule has 0 aliphatic heterocycles. The molecule has 2 aromatic rings. The molecule has 0 radical (unpaired) electrons. The molecule has 0 fully saturated rings. The van der Waals surface area contributed by atoms with E-state index >= 15 is 0 Å². The van der Waals surface area contributed by atoms with Gasteiger partial charge in [0.25, 0.3) is 5.91 Å². The fourth-order valence-electron chi connectivity index (χ4n) is 1.84. The molecule has 2 rings (SSSR count). The Kier molecular flexibility index (Phi) is 5.94. The van der Waals surface area contributed by atoms with Crippen LogP contribution in [-0.4, -0.2) is 17.9 Å². The van der Waals surface area contributed by atoms with Crippen LogP contribution in [-0.2, 0) is 6.54 Å². The van der Waals surface area contributed by atoms with Gasteiger partial charge in [0.1, 0.15) is 0 Å². The van der Waals surface area contributed by atoms with Crippen molar-refractivity contribution in [1.82, 2.24) is 4.90 Å².